The number of hydrogen-bond donors (Lipinski definition) is 1. The minimum absolute atomic E-state index is 0.104. The molecular formula is C23H34O5. The second-order valence-electron chi connectivity index (χ2n) is 10.4. The smallest absolute Gasteiger partial charge is 0.303 e. The summed E-state index contributed by atoms with van der Waals surface area (Å²) in [6.07, 6.45) is 3.58. The van der Waals surface area contributed by atoms with E-state index in [0.29, 0.717) is 25.4 Å². The van der Waals surface area contributed by atoms with Gasteiger partial charge < -0.3 is 14.6 Å². The molecule has 1 saturated heterocycles. The van der Waals surface area contributed by atoms with Crippen molar-refractivity contribution in [2.24, 2.45) is 22.7 Å². The number of aliphatic hydroxyl groups is 1. The molecule has 156 valence electrons. The molecule has 28 heavy (non-hydrogen) atoms. The van der Waals surface area contributed by atoms with E-state index in [2.05, 4.69) is 27.7 Å². The van der Waals surface area contributed by atoms with Crippen LogP contribution in [0.4, 0.5) is 0 Å². The molecule has 0 spiro atoms. The van der Waals surface area contributed by atoms with Gasteiger partial charge in [-0.25, -0.2) is 0 Å². The molecule has 2 bridgehead atoms. The fourth-order valence-corrected chi connectivity index (χ4v) is 6.67. The zero-order chi connectivity index (χ0) is 20.5. The first-order valence-electron chi connectivity index (χ1n) is 10.7. The molecular weight excluding hydrogens is 356 g/mol. The third-order valence-corrected chi connectivity index (χ3v) is 8.67. The number of rotatable bonds is 1. The van der Waals surface area contributed by atoms with Crippen molar-refractivity contribution in [3.63, 3.8) is 0 Å². The van der Waals surface area contributed by atoms with Gasteiger partial charge >= 0.3 is 5.97 Å². The van der Waals surface area contributed by atoms with Crippen molar-refractivity contribution in [3.05, 3.63) is 11.1 Å². The van der Waals surface area contributed by atoms with E-state index in [9.17, 15) is 14.7 Å². The molecule has 1 aliphatic heterocycles. The number of hydrogen-bond acceptors (Lipinski definition) is 5. The van der Waals surface area contributed by atoms with Crippen LogP contribution >= 0.6 is 0 Å². The number of esters is 1. The summed E-state index contributed by atoms with van der Waals surface area (Å²) in [5.41, 5.74) is 0.121. The van der Waals surface area contributed by atoms with Gasteiger partial charge in [-0.2, -0.15) is 0 Å². The summed E-state index contributed by atoms with van der Waals surface area (Å²) in [6.45, 7) is 10.3. The molecule has 0 amide bonds. The van der Waals surface area contributed by atoms with Crippen molar-refractivity contribution in [2.75, 3.05) is 6.61 Å². The van der Waals surface area contributed by atoms with Gasteiger partial charge in [0.05, 0.1) is 18.3 Å². The van der Waals surface area contributed by atoms with Crippen molar-refractivity contribution < 1.29 is 24.2 Å². The minimum Gasteiger partial charge on any atom is -0.458 e. The van der Waals surface area contributed by atoms with E-state index in [1.807, 2.05) is 0 Å². The molecule has 0 aromatic rings. The normalized spacial score (nSPS) is 45.0. The molecule has 5 heteroatoms. The van der Waals surface area contributed by atoms with Gasteiger partial charge in [0.1, 0.15) is 11.9 Å². The van der Waals surface area contributed by atoms with Gasteiger partial charge in [-0.3, -0.25) is 9.59 Å². The highest BCUT2D eigenvalue weighted by Gasteiger charge is 2.61. The van der Waals surface area contributed by atoms with Crippen LogP contribution in [0.2, 0.25) is 0 Å². The molecule has 1 N–H and O–H groups in total. The third-order valence-electron chi connectivity index (χ3n) is 8.67. The zero-order valence-electron chi connectivity index (χ0n) is 17.8. The predicted octanol–water partition coefficient (Wildman–Crippen LogP) is 3.58. The molecule has 4 aliphatic rings. The van der Waals surface area contributed by atoms with Gasteiger partial charge in [0.2, 0.25) is 0 Å². The summed E-state index contributed by atoms with van der Waals surface area (Å²) in [5.74, 6) is 0.233. The van der Waals surface area contributed by atoms with Crippen LogP contribution in [0, 0.1) is 22.7 Å². The quantitative estimate of drug-likeness (QED) is 0.547. The Labute approximate surface area is 167 Å². The maximum atomic E-state index is 13.6. The molecule has 6 atom stereocenters. The molecule has 5 nitrogen and oxygen atoms in total. The number of carbonyl (C=O) groups excluding carboxylic acids is 2. The lowest BCUT2D eigenvalue weighted by atomic mass is 9.53. The van der Waals surface area contributed by atoms with Gasteiger partial charge in [-0.1, -0.05) is 26.3 Å². The van der Waals surface area contributed by atoms with Crippen LogP contribution in [0.3, 0.4) is 0 Å². The van der Waals surface area contributed by atoms with E-state index in [0.717, 1.165) is 30.4 Å². The highest BCUT2D eigenvalue weighted by atomic mass is 16.5. The lowest BCUT2D eigenvalue weighted by Crippen LogP contribution is -2.59. The second kappa shape index (κ2) is 6.40. The van der Waals surface area contributed by atoms with Crippen molar-refractivity contribution >= 4 is 11.8 Å². The van der Waals surface area contributed by atoms with Crippen LogP contribution in [0.25, 0.3) is 0 Å². The SMILES string of the molecule is CC(=O)OC1CC(=O)C2(C)CCC3OCC3C2CC2(O)CCC(C)=C1C2(C)C. The summed E-state index contributed by atoms with van der Waals surface area (Å²) >= 11 is 0. The van der Waals surface area contributed by atoms with Crippen LogP contribution < -0.4 is 0 Å². The van der Waals surface area contributed by atoms with Crippen molar-refractivity contribution in [2.45, 2.75) is 91.0 Å². The first-order chi connectivity index (χ1) is 13.0. The molecule has 0 radical (unpaired) electrons. The molecule has 0 aromatic heterocycles. The first-order valence-corrected chi connectivity index (χ1v) is 10.7. The Kier molecular flexibility index (Phi) is 4.59. The van der Waals surface area contributed by atoms with E-state index in [-0.39, 0.29) is 30.2 Å². The van der Waals surface area contributed by atoms with Crippen molar-refractivity contribution in [1.82, 2.24) is 0 Å². The Balaban J connectivity index is 1.85. The number of fused-ring (bicyclic) bond motifs is 5. The monoisotopic (exact) mass is 390 g/mol. The average molecular weight is 391 g/mol. The number of ketones is 1. The molecule has 4 rings (SSSR count). The molecule has 3 fully saturated rings. The van der Waals surface area contributed by atoms with Crippen LogP contribution in [0.15, 0.2) is 11.1 Å². The molecule has 0 aromatic carbocycles. The second-order valence-corrected chi connectivity index (χ2v) is 10.4. The summed E-state index contributed by atoms with van der Waals surface area (Å²) in [7, 11) is 0. The molecule has 6 unspecified atom stereocenters. The predicted molar refractivity (Wildman–Crippen MR) is 105 cm³/mol. The summed E-state index contributed by atoms with van der Waals surface area (Å²) in [4.78, 5) is 25.5. The summed E-state index contributed by atoms with van der Waals surface area (Å²) in [5, 5.41) is 12.0. The first kappa shape index (κ1) is 20.1. The highest BCUT2D eigenvalue weighted by molar-refractivity contribution is 5.86. The zero-order valence-corrected chi connectivity index (χ0v) is 17.8. The number of Topliss-reactive ketones (excluding diaryl/α,β-unsaturated/α-hetero) is 1. The maximum Gasteiger partial charge on any atom is 0.303 e. The summed E-state index contributed by atoms with van der Waals surface area (Å²) in [6, 6.07) is 0. The lowest BCUT2D eigenvalue weighted by Gasteiger charge is -2.57. The van der Waals surface area contributed by atoms with E-state index >= 15 is 0 Å². The number of ether oxygens (including phenoxy) is 2. The fourth-order valence-electron chi connectivity index (χ4n) is 6.67. The fraction of sp³-hybridized carbons (Fsp3) is 0.826. The maximum absolute atomic E-state index is 13.6. The van der Waals surface area contributed by atoms with Crippen LogP contribution in [0.5, 0.6) is 0 Å². The molecule has 1 heterocycles. The molecule has 3 aliphatic carbocycles. The highest BCUT2D eigenvalue weighted by Crippen LogP contribution is 2.60. The lowest BCUT2D eigenvalue weighted by molar-refractivity contribution is -0.207. The largest absolute Gasteiger partial charge is 0.458 e. The van der Waals surface area contributed by atoms with E-state index in [1.165, 1.54) is 6.92 Å². The van der Waals surface area contributed by atoms with E-state index in [4.69, 9.17) is 9.47 Å². The van der Waals surface area contributed by atoms with Crippen LogP contribution in [-0.2, 0) is 19.1 Å². The average Bonchev–Trinajstić information content (AvgIpc) is 2.55. The van der Waals surface area contributed by atoms with Crippen molar-refractivity contribution in [3.8, 4) is 0 Å². The van der Waals surface area contributed by atoms with Gasteiger partial charge in [0.15, 0.2) is 0 Å². The van der Waals surface area contributed by atoms with E-state index in [1.54, 1.807) is 0 Å². The summed E-state index contributed by atoms with van der Waals surface area (Å²) < 4.78 is 11.5. The Bertz CT molecular complexity index is 737. The number of allylic oxidation sites excluding steroid dienone is 1. The third kappa shape index (κ3) is 2.72. The van der Waals surface area contributed by atoms with Crippen molar-refractivity contribution in [1.29, 1.82) is 0 Å². The van der Waals surface area contributed by atoms with E-state index < -0.39 is 22.5 Å². The van der Waals surface area contributed by atoms with Gasteiger partial charge in [-0.15, -0.1) is 0 Å². The van der Waals surface area contributed by atoms with Gasteiger partial charge in [-0.05, 0) is 50.5 Å². The van der Waals surface area contributed by atoms with Gasteiger partial charge in [0, 0.05) is 30.1 Å². The standard InChI is InChI=1S/C23H34O5/c1-13-6-9-23(26)11-16-15-12-27-17(15)7-8-22(16,5)19(25)10-18(28-14(2)24)20(13)21(23,3)4/h15-18,26H,6-12H2,1-5H3. The van der Waals surface area contributed by atoms with Crippen LogP contribution in [-0.4, -0.2) is 41.3 Å². The Hall–Kier alpha value is -1.20. The molecule has 2 saturated carbocycles. The van der Waals surface area contributed by atoms with Crippen LogP contribution in [0.1, 0.15) is 73.1 Å². The minimum atomic E-state index is -0.922. The Morgan fingerprint density at radius 3 is 2.57 bits per heavy atom. The number of carbonyl (C=O) groups is 2. The Morgan fingerprint density at radius 1 is 1.25 bits per heavy atom. The topological polar surface area (TPSA) is 72.8 Å². The Morgan fingerprint density at radius 2 is 1.96 bits per heavy atom. The van der Waals surface area contributed by atoms with Gasteiger partial charge in [0.25, 0.3) is 0 Å².